The minimum Gasteiger partial charge on any atom is -0.309 e. The first-order chi connectivity index (χ1) is 35.7. The fourth-order valence-electron chi connectivity index (χ4n) is 13.4. The summed E-state index contributed by atoms with van der Waals surface area (Å²) in [4.78, 5) is 0. The van der Waals surface area contributed by atoms with Gasteiger partial charge in [-0.15, -0.1) is 0 Å². The quantitative estimate of drug-likeness (QED) is 0.125. The zero-order chi connectivity index (χ0) is 48.9. The van der Waals surface area contributed by atoms with Gasteiger partial charge in [0.1, 0.15) is 0 Å². The fourth-order valence-corrected chi connectivity index (χ4v) is 13.4. The zero-order valence-electron chi connectivity index (χ0n) is 41.2. The molecule has 0 unspecified atom stereocenters. The fraction of sp³-hybridized carbons (Fsp3) is 0.0845. The lowest BCUT2D eigenvalue weighted by Crippen LogP contribution is -2.15. The van der Waals surface area contributed by atoms with Gasteiger partial charge in [0.05, 0.1) is 22.7 Å². The average Bonchev–Trinajstić information content (AvgIpc) is 3.98. The molecule has 13 aromatic rings. The Bertz CT molecular complexity index is 4540. The van der Waals surface area contributed by atoms with Crippen LogP contribution in [0.15, 0.2) is 218 Å². The summed E-state index contributed by atoms with van der Waals surface area (Å²) in [5.41, 5.74) is 24.2. The molecule has 2 nitrogen and oxygen atoms in total. The van der Waals surface area contributed by atoms with Crippen molar-refractivity contribution in [3.05, 3.63) is 246 Å². The average molecular weight is 929 g/mol. The van der Waals surface area contributed by atoms with E-state index in [9.17, 15) is 5.26 Å². The third-order valence-electron chi connectivity index (χ3n) is 16.9. The number of benzene rings is 12. The monoisotopic (exact) mass is 928 g/mol. The van der Waals surface area contributed by atoms with E-state index < -0.39 is 0 Å². The summed E-state index contributed by atoms with van der Waals surface area (Å²) in [7, 11) is 0. The SMILES string of the molecule is CC1(C)c2ccccc2-c2ccc(-c3c4ccccc4c(-c4ccc5c(c4)C(C)(C)c4ccccc4-5)c4cc(-c5ccc(-c6cc7ccc8cc(C#N)cc9c8c7c(c6)n9-c6ccccc6)cc5)ccc34)cc21. The molecule has 0 spiro atoms. The Labute approximate surface area is 425 Å². The van der Waals surface area contributed by atoms with Crippen molar-refractivity contribution in [1.82, 2.24) is 4.57 Å². The number of nitriles is 1. The first-order valence-electron chi connectivity index (χ1n) is 25.5. The molecule has 15 rings (SSSR count). The van der Waals surface area contributed by atoms with Gasteiger partial charge in [-0.05, 0) is 176 Å². The van der Waals surface area contributed by atoms with Crippen LogP contribution < -0.4 is 0 Å². The van der Waals surface area contributed by atoms with Crippen LogP contribution in [0.1, 0.15) is 55.5 Å². The van der Waals surface area contributed by atoms with Crippen molar-refractivity contribution in [2.75, 3.05) is 0 Å². The third kappa shape index (κ3) is 5.85. The number of hydrogen-bond acceptors (Lipinski definition) is 1. The molecular weight excluding hydrogens is 881 g/mol. The van der Waals surface area contributed by atoms with E-state index in [2.05, 4.69) is 245 Å². The van der Waals surface area contributed by atoms with Crippen LogP contribution in [0.5, 0.6) is 0 Å². The number of nitrogens with zero attached hydrogens (tertiary/aromatic N) is 2. The highest BCUT2D eigenvalue weighted by Gasteiger charge is 2.37. The normalized spacial score (nSPS) is 14.0. The molecule has 0 radical (unpaired) electrons. The first-order valence-corrected chi connectivity index (χ1v) is 25.5. The number of rotatable bonds is 5. The summed E-state index contributed by atoms with van der Waals surface area (Å²) < 4.78 is 2.33. The number of para-hydroxylation sites is 1. The van der Waals surface area contributed by atoms with E-state index in [1.165, 1.54) is 116 Å². The van der Waals surface area contributed by atoms with E-state index in [1.807, 2.05) is 12.1 Å². The molecule has 0 N–H and O–H groups in total. The van der Waals surface area contributed by atoms with Crippen molar-refractivity contribution in [2.24, 2.45) is 0 Å². The summed E-state index contributed by atoms with van der Waals surface area (Å²) >= 11 is 0. The molecule has 0 fully saturated rings. The van der Waals surface area contributed by atoms with Crippen LogP contribution in [-0.2, 0) is 10.8 Å². The summed E-state index contributed by atoms with van der Waals surface area (Å²) in [6, 6.07) is 83.8. The number of hydrogen-bond donors (Lipinski definition) is 0. The first kappa shape index (κ1) is 41.7. The van der Waals surface area contributed by atoms with Crippen LogP contribution >= 0.6 is 0 Å². The van der Waals surface area contributed by atoms with Crippen molar-refractivity contribution in [2.45, 2.75) is 38.5 Å². The van der Waals surface area contributed by atoms with Gasteiger partial charge in [0, 0.05) is 27.3 Å². The number of aromatic nitrogens is 1. The molecule has 0 saturated heterocycles. The van der Waals surface area contributed by atoms with Crippen LogP contribution in [0.25, 0.3) is 127 Å². The van der Waals surface area contributed by atoms with Crippen LogP contribution in [0.3, 0.4) is 0 Å². The molecule has 12 aromatic carbocycles. The Morgan fingerprint density at radius 2 is 0.808 bits per heavy atom. The van der Waals surface area contributed by atoms with E-state index in [-0.39, 0.29) is 10.8 Å². The predicted molar refractivity (Wildman–Crippen MR) is 306 cm³/mol. The lowest BCUT2D eigenvalue weighted by Gasteiger charge is -2.24. The van der Waals surface area contributed by atoms with Gasteiger partial charge in [-0.2, -0.15) is 5.26 Å². The maximum atomic E-state index is 10.0. The predicted octanol–water partition coefficient (Wildman–Crippen LogP) is 18.8. The molecule has 0 bridgehead atoms. The van der Waals surface area contributed by atoms with Gasteiger partial charge in [0.25, 0.3) is 0 Å². The summed E-state index contributed by atoms with van der Waals surface area (Å²) in [6.45, 7) is 9.52. The smallest absolute Gasteiger partial charge is 0.0992 e. The van der Waals surface area contributed by atoms with Crippen LogP contribution in [0.2, 0.25) is 0 Å². The van der Waals surface area contributed by atoms with E-state index in [0.29, 0.717) is 5.56 Å². The molecule has 342 valence electrons. The highest BCUT2D eigenvalue weighted by molar-refractivity contribution is 6.26. The van der Waals surface area contributed by atoms with Gasteiger partial charge in [0.15, 0.2) is 0 Å². The molecule has 2 aliphatic rings. The summed E-state index contributed by atoms with van der Waals surface area (Å²) in [5, 5.41) is 19.8. The lowest BCUT2D eigenvalue weighted by atomic mass is 9.79. The van der Waals surface area contributed by atoms with Gasteiger partial charge in [-0.25, -0.2) is 0 Å². The van der Waals surface area contributed by atoms with Crippen molar-refractivity contribution >= 4 is 54.1 Å². The Kier molecular flexibility index (Phi) is 8.57. The highest BCUT2D eigenvalue weighted by Crippen LogP contribution is 2.54. The van der Waals surface area contributed by atoms with Crippen molar-refractivity contribution in [1.29, 1.82) is 5.26 Å². The van der Waals surface area contributed by atoms with Gasteiger partial charge in [-0.3, -0.25) is 0 Å². The minimum absolute atomic E-state index is 0.118. The molecular formula is C71H48N2. The summed E-state index contributed by atoms with van der Waals surface area (Å²) in [6.07, 6.45) is 0. The van der Waals surface area contributed by atoms with Gasteiger partial charge >= 0.3 is 0 Å². The van der Waals surface area contributed by atoms with Crippen LogP contribution in [-0.4, -0.2) is 4.57 Å². The van der Waals surface area contributed by atoms with Gasteiger partial charge in [0.2, 0.25) is 0 Å². The third-order valence-corrected chi connectivity index (χ3v) is 16.9. The van der Waals surface area contributed by atoms with E-state index in [4.69, 9.17) is 0 Å². The molecule has 0 atom stereocenters. The van der Waals surface area contributed by atoms with E-state index in [0.717, 1.165) is 33.2 Å². The second-order valence-electron chi connectivity index (χ2n) is 21.5. The highest BCUT2D eigenvalue weighted by atomic mass is 15.0. The number of fused-ring (bicyclic) bond motifs is 8. The molecule has 1 aromatic heterocycles. The lowest BCUT2D eigenvalue weighted by molar-refractivity contribution is 0.660. The second kappa shape index (κ2) is 15.0. The Hall–Kier alpha value is -9.03. The standard InChI is InChI=1S/C71H48N2/c1-70(2)60-20-12-10-16-52(60)54-31-29-48(38-62(54)70)66-56-18-8-9-19-57(56)67(49-30-32-55-53-17-11-13-21-61(53)71(3,4)63(55)39-49)59-37-45(28-33-58(59)66)43-22-24-44(25-23-43)50-36-47-27-26-46-34-42(41-72)35-64-68(46)69(47)65(40-50)73(64)51-14-6-5-7-15-51/h5-40H,1-4H3. The minimum atomic E-state index is -0.129. The van der Waals surface area contributed by atoms with Crippen LogP contribution in [0.4, 0.5) is 0 Å². The van der Waals surface area contributed by atoms with Crippen molar-refractivity contribution < 1.29 is 0 Å². The summed E-state index contributed by atoms with van der Waals surface area (Å²) in [5.74, 6) is 0. The van der Waals surface area contributed by atoms with Crippen LogP contribution in [0, 0.1) is 11.3 Å². The Morgan fingerprint density at radius 3 is 1.41 bits per heavy atom. The molecule has 0 amide bonds. The Balaban J connectivity index is 0.920. The molecule has 1 heterocycles. The van der Waals surface area contributed by atoms with Gasteiger partial charge < -0.3 is 4.57 Å². The molecule has 0 aliphatic heterocycles. The van der Waals surface area contributed by atoms with Crippen molar-refractivity contribution in [3.8, 4) is 78.5 Å². The van der Waals surface area contributed by atoms with E-state index in [1.54, 1.807) is 0 Å². The second-order valence-corrected chi connectivity index (χ2v) is 21.5. The topological polar surface area (TPSA) is 28.7 Å². The molecule has 73 heavy (non-hydrogen) atoms. The van der Waals surface area contributed by atoms with E-state index >= 15 is 0 Å². The maximum absolute atomic E-state index is 10.0. The Morgan fingerprint density at radius 1 is 0.342 bits per heavy atom. The van der Waals surface area contributed by atoms with Crippen molar-refractivity contribution in [3.63, 3.8) is 0 Å². The largest absolute Gasteiger partial charge is 0.309 e. The maximum Gasteiger partial charge on any atom is 0.0992 e. The van der Waals surface area contributed by atoms with Gasteiger partial charge in [-0.1, -0.05) is 191 Å². The molecule has 2 aliphatic carbocycles. The molecule has 2 heteroatoms. The molecule has 0 saturated carbocycles. The zero-order valence-corrected chi connectivity index (χ0v) is 41.2.